The van der Waals surface area contributed by atoms with Crippen LogP contribution < -0.4 is 0 Å². The van der Waals surface area contributed by atoms with Crippen LogP contribution in [0, 0.1) is 5.82 Å². The highest BCUT2D eigenvalue weighted by atomic mass is 35.5. The lowest BCUT2D eigenvalue weighted by molar-refractivity contribution is 0.0641. The predicted octanol–water partition coefficient (Wildman–Crippen LogP) is 3.80. The average Bonchev–Trinajstić information content (AvgIpc) is 3.18. The van der Waals surface area contributed by atoms with Gasteiger partial charge in [0.2, 0.25) is 0 Å². The molecule has 0 aliphatic carbocycles. The molecule has 122 valence electrons. The van der Waals surface area contributed by atoms with Crippen molar-refractivity contribution in [3.05, 3.63) is 58.8 Å². The Balaban J connectivity index is 1.74. The Morgan fingerprint density at radius 1 is 1.48 bits per heavy atom. The summed E-state index contributed by atoms with van der Waals surface area (Å²) in [7, 11) is 0. The van der Waals surface area contributed by atoms with Gasteiger partial charge >= 0.3 is 0 Å². The molecule has 0 spiro atoms. The van der Waals surface area contributed by atoms with Crippen LogP contribution in [0.1, 0.15) is 41.5 Å². The van der Waals surface area contributed by atoms with E-state index in [-0.39, 0.29) is 22.5 Å². The molecule has 0 radical (unpaired) electrons. The normalized spacial score (nSPS) is 19.1. The Labute approximate surface area is 138 Å². The summed E-state index contributed by atoms with van der Waals surface area (Å²) in [6.45, 7) is 0.599. The number of likely N-dealkylation sites (tertiary alicyclic amines) is 1. The first kappa shape index (κ1) is 16.0. The molecule has 0 saturated carbocycles. The van der Waals surface area contributed by atoms with Crippen molar-refractivity contribution < 1.29 is 18.7 Å². The van der Waals surface area contributed by atoms with Crippen molar-refractivity contribution in [2.75, 3.05) is 6.54 Å². The number of hydrogen-bond acceptors (Lipinski definition) is 3. The number of carbonyl (C=O) groups is 1. The number of nitrogens with zero attached hydrogens (tertiary/aromatic N) is 1. The van der Waals surface area contributed by atoms with Crippen molar-refractivity contribution in [1.29, 1.82) is 0 Å². The lowest BCUT2D eigenvalue weighted by Crippen LogP contribution is -2.36. The second kappa shape index (κ2) is 6.72. The van der Waals surface area contributed by atoms with Crippen molar-refractivity contribution in [1.82, 2.24) is 4.90 Å². The first-order valence-electron chi connectivity index (χ1n) is 7.53. The van der Waals surface area contributed by atoms with Crippen LogP contribution in [0.25, 0.3) is 0 Å². The third-order valence-electron chi connectivity index (χ3n) is 4.17. The minimum absolute atomic E-state index is 0.0938. The molecule has 1 aliphatic rings. The van der Waals surface area contributed by atoms with Crippen LogP contribution in [0.15, 0.2) is 41.0 Å². The molecule has 4 nitrogen and oxygen atoms in total. The topological polar surface area (TPSA) is 53.7 Å². The van der Waals surface area contributed by atoms with E-state index in [1.54, 1.807) is 17.0 Å². The number of amides is 1. The van der Waals surface area contributed by atoms with E-state index in [4.69, 9.17) is 16.0 Å². The summed E-state index contributed by atoms with van der Waals surface area (Å²) in [6, 6.07) is 7.10. The van der Waals surface area contributed by atoms with Crippen molar-refractivity contribution >= 4 is 17.5 Å². The maximum absolute atomic E-state index is 13.1. The summed E-state index contributed by atoms with van der Waals surface area (Å²) in [5.74, 6) is -0.217. The fourth-order valence-corrected chi connectivity index (χ4v) is 3.27. The van der Waals surface area contributed by atoms with Gasteiger partial charge in [-0.1, -0.05) is 11.6 Å². The lowest BCUT2D eigenvalue weighted by Gasteiger charge is -2.26. The predicted molar refractivity (Wildman–Crippen MR) is 83.8 cm³/mol. The summed E-state index contributed by atoms with van der Waals surface area (Å²) in [4.78, 5) is 14.4. The monoisotopic (exact) mass is 337 g/mol. The second-order valence-electron chi connectivity index (χ2n) is 5.69. The second-order valence-corrected chi connectivity index (χ2v) is 6.09. The van der Waals surface area contributed by atoms with Gasteiger partial charge in [0.1, 0.15) is 17.7 Å². The Hall–Kier alpha value is -1.85. The van der Waals surface area contributed by atoms with Gasteiger partial charge in [-0.15, -0.1) is 0 Å². The van der Waals surface area contributed by atoms with Gasteiger partial charge in [-0.3, -0.25) is 4.79 Å². The number of aliphatic hydroxyl groups excluding tert-OH is 1. The van der Waals surface area contributed by atoms with Gasteiger partial charge in [0, 0.05) is 19.0 Å². The molecular formula is C17H17ClFNO3. The van der Waals surface area contributed by atoms with Gasteiger partial charge in [0.15, 0.2) is 0 Å². The van der Waals surface area contributed by atoms with Crippen LogP contribution in [0.5, 0.6) is 0 Å². The van der Waals surface area contributed by atoms with E-state index in [9.17, 15) is 14.3 Å². The maximum atomic E-state index is 13.1. The molecule has 1 aromatic heterocycles. The zero-order valence-corrected chi connectivity index (χ0v) is 13.2. The molecule has 1 aliphatic heterocycles. The number of carbonyl (C=O) groups excluding carboxylic acids is 1. The Morgan fingerprint density at radius 2 is 2.30 bits per heavy atom. The Kier molecular flexibility index (Phi) is 4.68. The number of hydrogen-bond donors (Lipinski definition) is 1. The molecule has 1 amide bonds. The van der Waals surface area contributed by atoms with Crippen LogP contribution >= 0.6 is 11.6 Å². The van der Waals surface area contributed by atoms with Crippen LogP contribution in [-0.4, -0.2) is 28.5 Å². The first-order chi connectivity index (χ1) is 11.1. The summed E-state index contributed by atoms with van der Waals surface area (Å²) in [6.07, 6.45) is 2.82. The van der Waals surface area contributed by atoms with Gasteiger partial charge in [-0.2, -0.15) is 0 Å². The minimum Gasteiger partial charge on any atom is -0.467 e. The number of benzene rings is 1. The third kappa shape index (κ3) is 3.41. The van der Waals surface area contributed by atoms with E-state index in [0.717, 1.165) is 18.9 Å². The minimum atomic E-state index is -0.757. The number of rotatable bonds is 4. The van der Waals surface area contributed by atoms with Gasteiger partial charge in [-0.05, 0) is 43.2 Å². The van der Waals surface area contributed by atoms with Crippen LogP contribution in [0.4, 0.5) is 4.39 Å². The molecule has 0 bridgehead atoms. The average molecular weight is 338 g/mol. The fourth-order valence-electron chi connectivity index (χ4n) is 3.02. The molecule has 6 heteroatoms. The molecule has 3 rings (SSSR count). The number of halogens is 2. The summed E-state index contributed by atoms with van der Waals surface area (Å²) >= 11 is 5.99. The molecule has 1 fully saturated rings. The standard InChI is InChI=1S/C17H17ClFNO3/c18-14-9-11(19)5-6-13(14)17(22)20-7-1-3-12(20)10-15(21)16-4-2-8-23-16/h2,4-6,8-9,12,15,21H,1,3,7,10H2. The quantitative estimate of drug-likeness (QED) is 0.923. The van der Waals surface area contributed by atoms with Crippen LogP contribution in [0.3, 0.4) is 0 Å². The maximum Gasteiger partial charge on any atom is 0.255 e. The zero-order valence-electron chi connectivity index (χ0n) is 12.4. The van der Waals surface area contributed by atoms with E-state index in [0.29, 0.717) is 18.7 Å². The molecule has 1 N–H and O–H groups in total. The smallest absolute Gasteiger partial charge is 0.255 e. The highest BCUT2D eigenvalue weighted by molar-refractivity contribution is 6.33. The zero-order chi connectivity index (χ0) is 16.4. The molecular weight excluding hydrogens is 321 g/mol. The summed E-state index contributed by atoms with van der Waals surface area (Å²) < 4.78 is 18.3. The van der Waals surface area contributed by atoms with Crippen molar-refractivity contribution in [2.24, 2.45) is 0 Å². The van der Waals surface area contributed by atoms with Crippen LogP contribution in [-0.2, 0) is 0 Å². The van der Waals surface area contributed by atoms with Gasteiger partial charge in [0.25, 0.3) is 5.91 Å². The number of aliphatic hydroxyl groups is 1. The fraction of sp³-hybridized carbons (Fsp3) is 0.353. The SMILES string of the molecule is O=C(c1ccc(F)cc1Cl)N1CCCC1CC(O)c1ccco1. The molecule has 23 heavy (non-hydrogen) atoms. The molecule has 2 unspecified atom stereocenters. The molecule has 1 saturated heterocycles. The third-order valence-corrected chi connectivity index (χ3v) is 4.48. The molecule has 1 aromatic carbocycles. The molecule has 2 aromatic rings. The largest absolute Gasteiger partial charge is 0.467 e. The van der Waals surface area contributed by atoms with Crippen molar-refractivity contribution in [3.8, 4) is 0 Å². The van der Waals surface area contributed by atoms with Crippen molar-refractivity contribution in [2.45, 2.75) is 31.4 Å². The van der Waals surface area contributed by atoms with Gasteiger partial charge in [0.05, 0.1) is 16.8 Å². The first-order valence-corrected chi connectivity index (χ1v) is 7.91. The Morgan fingerprint density at radius 3 is 3.00 bits per heavy atom. The van der Waals surface area contributed by atoms with E-state index in [2.05, 4.69) is 0 Å². The van der Waals surface area contributed by atoms with E-state index < -0.39 is 11.9 Å². The lowest BCUT2D eigenvalue weighted by atomic mass is 10.0. The van der Waals surface area contributed by atoms with Crippen molar-refractivity contribution in [3.63, 3.8) is 0 Å². The van der Waals surface area contributed by atoms with E-state index in [1.807, 2.05) is 0 Å². The summed E-state index contributed by atoms with van der Waals surface area (Å²) in [5, 5.41) is 10.3. The number of furan rings is 1. The summed E-state index contributed by atoms with van der Waals surface area (Å²) in [5.41, 5.74) is 0.285. The highest BCUT2D eigenvalue weighted by Crippen LogP contribution is 2.30. The van der Waals surface area contributed by atoms with E-state index in [1.165, 1.54) is 18.4 Å². The van der Waals surface area contributed by atoms with Crippen LogP contribution in [0.2, 0.25) is 5.02 Å². The molecule has 2 atom stereocenters. The van der Waals surface area contributed by atoms with Gasteiger partial charge in [-0.25, -0.2) is 4.39 Å². The Bertz CT molecular complexity index is 689. The van der Waals surface area contributed by atoms with Gasteiger partial charge < -0.3 is 14.4 Å². The molecule has 2 heterocycles. The van der Waals surface area contributed by atoms with E-state index >= 15 is 0 Å². The highest BCUT2D eigenvalue weighted by Gasteiger charge is 2.32.